The van der Waals surface area contributed by atoms with E-state index in [-0.39, 0.29) is 6.04 Å². The molecule has 0 saturated carbocycles. The summed E-state index contributed by atoms with van der Waals surface area (Å²) in [6, 6.07) is 18.9. The zero-order chi connectivity index (χ0) is 14.2. The van der Waals surface area contributed by atoms with Gasteiger partial charge in [0.2, 0.25) is 0 Å². The topological polar surface area (TPSA) is 35.2 Å². The molecule has 0 saturated heterocycles. The first-order valence-corrected chi connectivity index (χ1v) is 7.29. The lowest BCUT2D eigenvalue weighted by atomic mass is 10.0. The van der Waals surface area contributed by atoms with Gasteiger partial charge < -0.3 is 10.5 Å². The fourth-order valence-electron chi connectivity index (χ4n) is 2.10. The van der Waals surface area contributed by atoms with E-state index in [1.807, 2.05) is 18.2 Å². The Morgan fingerprint density at radius 2 is 1.65 bits per heavy atom. The van der Waals surface area contributed by atoms with Crippen LogP contribution in [0.1, 0.15) is 24.5 Å². The molecule has 2 N–H and O–H groups in total. The Hall–Kier alpha value is -1.80. The second kappa shape index (κ2) is 7.71. The minimum Gasteiger partial charge on any atom is -0.493 e. The minimum atomic E-state index is 0.250. The molecular weight excluding hydrogens is 246 g/mol. The highest BCUT2D eigenvalue weighted by Crippen LogP contribution is 2.14. The van der Waals surface area contributed by atoms with E-state index in [1.165, 1.54) is 11.1 Å². The molecule has 2 aromatic carbocycles. The molecule has 0 aliphatic carbocycles. The van der Waals surface area contributed by atoms with Gasteiger partial charge in [0.1, 0.15) is 5.75 Å². The monoisotopic (exact) mass is 269 g/mol. The van der Waals surface area contributed by atoms with Gasteiger partial charge in [0.15, 0.2) is 0 Å². The van der Waals surface area contributed by atoms with Gasteiger partial charge in [0, 0.05) is 12.5 Å². The zero-order valence-corrected chi connectivity index (χ0v) is 12.1. The van der Waals surface area contributed by atoms with E-state index in [0.29, 0.717) is 6.61 Å². The maximum atomic E-state index is 5.96. The van der Waals surface area contributed by atoms with Crippen molar-refractivity contribution < 1.29 is 4.74 Å². The molecule has 2 nitrogen and oxygen atoms in total. The van der Waals surface area contributed by atoms with Crippen molar-refractivity contribution >= 4 is 0 Å². The highest BCUT2D eigenvalue weighted by atomic mass is 16.5. The SMILES string of the molecule is CCC(N)Cc1ccc(OCCc2ccccc2)cc1. The molecule has 2 rings (SSSR count). The van der Waals surface area contributed by atoms with E-state index < -0.39 is 0 Å². The first-order chi connectivity index (χ1) is 9.78. The van der Waals surface area contributed by atoms with E-state index in [2.05, 4.69) is 43.3 Å². The largest absolute Gasteiger partial charge is 0.493 e. The van der Waals surface area contributed by atoms with E-state index in [1.54, 1.807) is 0 Å². The van der Waals surface area contributed by atoms with Crippen molar-refractivity contribution in [1.82, 2.24) is 0 Å². The van der Waals surface area contributed by atoms with Gasteiger partial charge in [0.05, 0.1) is 6.61 Å². The van der Waals surface area contributed by atoms with Crippen LogP contribution < -0.4 is 10.5 Å². The van der Waals surface area contributed by atoms with Crippen LogP contribution in [0.15, 0.2) is 54.6 Å². The fourth-order valence-corrected chi connectivity index (χ4v) is 2.10. The van der Waals surface area contributed by atoms with Gasteiger partial charge in [-0.25, -0.2) is 0 Å². The summed E-state index contributed by atoms with van der Waals surface area (Å²) >= 11 is 0. The van der Waals surface area contributed by atoms with E-state index >= 15 is 0 Å². The van der Waals surface area contributed by atoms with E-state index in [0.717, 1.165) is 25.0 Å². The Kier molecular flexibility index (Phi) is 5.63. The molecule has 0 aromatic heterocycles. The predicted octanol–water partition coefficient (Wildman–Crippen LogP) is 3.59. The van der Waals surface area contributed by atoms with Crippen LogP contribution in [0.25, 0.3) is 0 Å². The summed E-state index contributed by atoms with van der Waals surface area (Å²) in [6.45, 7) is 2.82. The third kappa shape index (κ3) is 4.71. The summed E-state index contributed by atoms with van der Waals surface area (Å²) in [7, 11) is 0. The van der Waals surface area contributed by atoms with Crippen LogP contribution in [0.4, 0.5) is 0 Å². The number of hydrogen-bond donors (Lipinski definition) is 1. The van der Waals surface area contributed by atoms with Crippen LogP contribution in [0.3, 0.4) is 0 Å². The summed E-state index contributed by atoms with van der Waals surface area (Å²) in [6.07, 6.45) is 2.87. The van der Waals surface area contributed by atoms with Gasteiger partial charge in [-0.05, 0) is 36.1 Å². The molecule has 0 aliphatic heterocycles. The Morgan fingerprint density at radius 1 is 0.950 bits per heavy atom. The van der Waals surface area contributed by atoms with Crippen LogP contribution in [0, 0.1) is 0 Å². The lowest BCUT2D eigenvalue weighted by Gasteiger charge is -2.10. The third-order valence-electron chi connectivity index (χ3n) is 3.45. The average Bonchev–Trinajstić information content (AvgIpc) is 2.50. The van der Waals surface area contributed by atoms with Crippen molar-refractivity contribution in [3.8, 4) is 5.75 Å². The molecule has 0 spiro atoms. The van der Waals surface area contributed by atoms with E-state index in [4.69, 9.17) is 10.5 Å². The normalized spacial score (nSPS) is 12.1. The summed E-state index contributed by atoms with van der Waals surface area (Å²) in [5.74, 6) is 0.926. The molecule has 0 radical (unpaired) electrons. The molecule has 0 amide bonds. The molecule has 1 atom stereocenters. The van der Waals surface area contributed by atoms with Gasteiger partial charge in [-0.2, -0.15) is 0 Å². The zero-order valence-electron chi connectivity index (χ0n) is 12.1. The second-order valence-corrected chi connectivity index (χ2v) is 5.10. The fraction of sp³-hybridized carbons (Fsp3) is 0.333. The quantitative estimate of drug-likeness (QED) is 0.833. The number of ether oxygens (including phenoxy) is 1. The molecule has 20 heavy (non-hydrogen) atoms. The van der Waals surface area contributed by atoms with Crippen molar-refractivity contribution in [2.45, 2.75) is 32.2 Å². The molecule has 2 aromatic rings. The van der Waals surface area contributed by atoms with Crippen LogP contribution in [-0.4, -0.2) is 12.6 Å². The second-order valence-electron chi connectivity index (χ2n) is 5.10. The molecule has 1 unspecified atom stereocenters. The van der Waals surface area contributed by atoms with Crippen molar-refractivity contribution in [2.75, 3.05) is 6.61 Å². The first kappa shape index (κ1) is 14.6. The summed E-state index contributed by atoms with van der Waals surface area (Å²) < 4.78 is 5.76. The molecule has 0 heterocycles. The van der Waals surface area contributed by atoms with Crippen molar-refractivity contribution in [1.29, 1.82) is 0 Å². The van der Waals surface area contributed by atoms with Gasteiger partial charge in [-0.1, -0.05) is 49.4 Å². The van der Waals surface area contributed by atoms with Crippen LogP contribution >= 0.6 is 0 Å². The smallest absolute Gasteiger partial charge is 0.119 e. The molecule has 0 fully saturated rings. The molecule has 0 bridgehead atoms. The minimum absolute atomic E-state index is 0.250. The van der Waals surface area contributed by atoms with Crippen LogP contribution in [0.5, 0.6) is 5.75 Å². The number of benzene rings is 2. The van der Waals surface area contributed by atoms with Crippen molar-refractivity contribution in [3.05, 3.63) is 65.7 Å². The molecule has 2 heteroatoms. The molecular formula is C18H23NO. The van der Waals surface area contributed by atoms with Crippen LogP contribution in [-0.2, 0) is 12.8 Å². The third-order valence-corrected chi connectivity index (χ3v) is 3.45. The van der Waals surface area contributed by atoms with Crippen molar-refractivity contribution in [3.63, 3.8) is 0 Å². The Bertz CT molecular complexity index is 493. The highest BCUT2D eigenvalue weighted by Gasteiger charge is 2.02. The van der Waals surface area contributed by atoms with Gasteiger partial charge in [-0.15, -0.1) is 0 Å². The lowest BCUT2D eigenvalue weighted by Crippen LogP contribution is -2.21. The first-order valence-electron chi connectivity index (χ1n) is 7.29. The van der Waals surface area contributed by atoms with E-state index in [9.17, 15) is 0 Å². The van der Waals surface area contributed by atoms with Crippen molar-refractivity contribution in [2.24, 2.45) is 5.73 Å². The summed E-state index contributed by atoms with van der Waals surface area (Å²) in [4.78, 5) is 0. The average molecular weight is 269 g/mol. The number of hydrogen-bond acceptors (Lipinski definition) is 2. The highest BCUT2D eigenvalue weighted by molar-refractivity contribution is 5.28. The number of rotatable bonds is 7. The number of nitrogens with two attached hydrogens (primary N) is 1. The lowest BCUT2D eigenvalue weighted by molar-refractivity contribution is 0.322. The van der Waals surface area contributed by atoms with Gasteiger partial charge >= 0.3 is 0 Å². The standard InChI is InChI=1S/C18H23NO/c1-2-17(19)14-16-8-10-18(11-9-16)20-13-12-15-6-4-3-5-7-15/h3-11,17H,2,12-14,19H2,1H3. The maximum absolute atomic E-state index is 5.96. The molecule has 106 valence electrons. The Balaban J connectivity index is 1.79. The van der Waals surface area contributed by atoms with Gasteiger partial charge in [-0.3, -0.25) is 0 Å². The Labute approximate surface area is 121 Å². The maximum Gasteiger partial charge on any atom is 0.119 e. The van der Waals surface area contributed by atoms with Gasteiger partial charge in [0.25, 0.3) is 0 Å². The summed E-state index contributed by atoms with van der Waals surface area (Å²) in [5, 5.41) is 0. The molecule has 0 aliphatic rings. The summed E-state index contributed by atoms with van der Waals surface area (Å²) in [5.41, 5.74) is 8.53. The Morgan fingerprint density at radius 3 is 2.30 bits per heavy atom. The van der Waals surface area contributed by atoms with Crippen LogP contribution in [0.2, 0.25) is 0 Å². The predicted molar refractivity (Wildman–Crippen MR) is 84.1 cm³/mol.